The fraction of sp³-hybridized carbons (Fsp3) is 0.333. The summed E-state index contributed by atoms with van der Waals surface area (Å²) in [7, 11) is 3.04. The fourth-order valence-electron chi connectivity index (χ4n) is 4.64. The number of carbonyl (C=O) groups is 1. The van der Waals surface area contributed by atoms with Crippen LogP contribution in [-0.2, 0) is 16.0 Å². The number of methoxy groups -OCH3 is 2. The van der Waals surface area contributed by atoms with E-state index in [2.05, 4.69) is 10.4 Å². The molecule has 190 valence electrons. The molecule has 0 amide bonds. The molecule has 1 aliphatic heterocycles. The van der Waals surface area contributed by atoms with Gasteiger partial charge < -0.3 is 40.0 Å². The molecule has 11 nitrogen and oxygen atoms in total. The molecule has 1 saturated heterocycles. The number of nitrogens with zero attached hydrogens (tertiary/aromatic N) is 2. The molecule has 5 unspecified atom stereocenters. The number of carboxylic acid groups (broad SMARTS) is 1. The van der Waals surface area contributed by atoms with Gasteiger partial charge in [-0.2, -0.15) is 5.10 Å². The number of ether oxygens (including phenoxy) is 3. The van der Waals surface area contributed by atoms with Crippen LogP contribution in [0.15, 0.2) is 36.4 Å². The topological polar surface area (TPSA) is 158 Å². The number of nitrogens with one attached hydrogen (secondary N) is 1. The van der Waals surface area contributed by atoms with E-state index in [9.17, 15) is 24.5 Å². The monoisotopic (exact) mass is 502 g/mol. The van der Waals surface area contributed by atoms with E-state index < -0.39 is 42.4 Å². The molecule has 2 aromatic carbocycles. The highest BCUT2D eigenvalue weighted by atomic mass is 19.1. The second kappa shape index (κ2) is 9.06. The molecule has 1 fully saturated rings. The van der Waals surface area contributed by atoms with Gasteiger partial charge in [0, 0.05) is 23.2 Å². The number of benzene rings is 2. The predicted octanol–water partition coefficient (Wildman–Crippen LogP) is 1.15. The van der Waals surface area contributed by atoms with Crippen LogP contribution >= 0.6 is 0 Å². The number of aliphatic hydroxyl groups excluding tert-OH is 2. The predicted molar refractivity (Wildman–Crippen MR) is 124 cm³/mol. The number of rotatable bonds is 6. The Hall–Kier alpha value is -3.71. The highest BCUT2D eigenvalue weighted by molar-refractivity contribution is 5.82. The number of aliphatic hydroxyl groups is 2. The second-order valence-corrected chi connectivity index (χ2v) is 8.59. The summed E-state index contributed by atoms with van der Waals surface area (Å²) < 4.78 is 31.6. The lowest BCUT2D eigenvalue weighted by Gasteiger charge is -2.37. The summed E-state index contributed by atoms with van der Waals surface area (Å²) in [6.07, 6.45) is -7.69. The Kier molecular flexibility index (Phi) is 6.04. The number of halogens is 1. The van der Waals surface area contributed by atoms with Crippen LogP contribution in [0.4, 0.5) is 15.9 Å². The van der Waals surface area contributed by atoms with Crippen LogP contribution < -0.4 is 14.8 Å². The minimum absolute atomic E-state index is 0.321. The van der Waals surface area contributed by atoms with Gasteiger partial charge in [-0.05, 0) is 35.9 Å². The van der Waals surface area contributed by atoms with Gasteiger partial charge in [-0.1, -0.05) is 6.07 Å². The molecule has 2 aliphatic rings. The summed E-state index contributed by atoms with van der Waals surface area (Å²) in [6.45, 7) is 0. The summed E-state index contributed by atoms with van der Waals surface area (Å²) in [6, 6.07) is 9.31. The Labute approximate surface area is 204 Å². The molecular weight excluding hydrogens is 477 g/mol. The van der Waals surface area contributed by atoms with E-state index in [0.29, 0.717) is 40.7 Å². The molecule has 0 radical (unpaired) electrons. The molecule has 5 atom stereocenters. The van der Waals surface area contributed by atoms with Gasteiger partial charge >= 0.3 is 5.97 Å². The molecule has 5 rings (SSSR count). The van der Waals surface area contributed by atoms with Gasteiger partial charge in [0.05, 0.1) is 19.9 Å². The lowest BCUT2D eigenvalue weighted by molar-refractivity contribution is -0.248. The van der Waals surface area contributed by atoms with Crippen LogP contribution in [0.1, 0.15) is 17.4 Å². The average Bonchev–Trinajstić information content (AvgIpc) is 3.37. The van der Waals surface area contributed by atoms with Crippen LogP contribution in [0.2, 0.25) is 0 Å². The molecular formula is C24H25FN3O8+. The largest absolute Gasteiger partial charge is 0.493 e. The Bertz CT molecular complexity index is 1330. The highest BCUT2D eigenvalue weighted by Crippen LogP contribution is 2.46. The van der Waals surface area contributed by atoms with Gasteiger partial charge in [0.2, 0.25) is 6.10 Å². The third kappa shape index (κ3) is 3.84. The summed E-state index contributed by atoms with van der Waals surface area (Å²) in [4.78, 5) is 11.7. The van der Waals surface area contributed by atoms with Crippen molar-refractivity contribution in [3.8, 4) is 22.8 Å². The van der Waals surface area contributed by atoms with Crippen LogP contribution in [-0.4, -0.2) is 74.8 Å². The summed E-state index contributed by atoms with van der Waals surface area (Å²) in [5, 5.41) is 46.3. The zero-order chi connectivity index (χ0) is 25.7. The van der Waals surface area contributed by atoms with Crippen molar-refractivity contribution in [2.45, 2.75) is 37.1 Å². The minimum atomic E-state index is -1.75. The Morgan fingerprint density at radius 1 is 1.19 bits per heavy atom. The minimum Gasteiger partial charge on any atom is -0.493 e. The van der Waals surface area contributed by atoms with Crippen LogP contribution in [0, 0.1) is 5.82 Å². The number of hydrogen-bond acceptors (Lipinski definition) is 8. The number of carboxylic acids is 1. The van der Waals surface area contributed by atoms with Crippen molar-refractivity contribution < 1.29 is 43.8 Å². The quantitative estimate of drug-likeness (QED) is 0.284. The van der Waals surface area contributed by atoms with Gasteiger partial charge in [-0.15, -0.1) is 0 Å². The lowest BCUT2D eigenvalue weighted by atomic mass is 9.98. The van der Waals surface area contributed by atoms with Crippen LogP contribution in [0.5, 0.6) is 11.5 Å². The first-order valence-electron chi connectivity index (χ1n) is 11.1. The maximum atomic E-state index is 13.9. The van der Waals surface area contributed by atoms with E-state index in [1.807, 2.05) is 6.07 Å². The van der Waals surface area contributed by atoms with Crippen molar-refractivity contribution in [1.29, 1.82) is 0 Å². The van der Waals surface area contributed by atoms with E-state index in [1.165, 1.54) is 37.1 Å². The number of fused-ring (bicyclic) bond motifs is 3. The third-order valence-corrected chi connectivity index (χ3v) is 6.44. The Morgan fingerprint density at radius 2 is 1.92 bits per heavy atom. The zero-order valence-corrected chi connectivity index (χ0v) is 19.3. The third-order valence-electron chi connectivity index (χ3n) is 6.44. The molecule has 12 heteroatoms. The zero-order valence-electron chi connectivity index (χ0n) is 19.3. The van der Waals surface area contributed by atoms with Crippen molar-refractivity contribution in [2.24, 2.45) is 0 Å². The van der Waals surface area contributed by atoms with Gasteiger partial charge in [-0.25, -0.2) is 13.9 Å². The van der Waals surface area contributed by atoms with Crippen LogP contribution in [0.3, 0.4) is 0 Å². The molecule has 3 aromatic rings. The van der Waals surface area contributed by atoms with E-state index in [0.717, 1.165) is 11.1 Å². The number of hydrogen-bond donors (Lipinski definition) is 4. The Balaban J connectivity index is 1.65. The first kappa shape index (κ1) is 24.0. The van der Waals surface area contributed by atoms with E-state index >= 15 is 0 Å². The average molecular weight is 502 g/mol. The summed E-state index contributed by atoms with van der Waals surface area (Å²) in [5.74, 6) is -0.614. The van der Waals surface area contributed by atoms with Crippen LogP contribution in [0.25, 0.3) is 11.3 Å². The smallest absolute Gasteiger partial charge is 0.336 e. The molecule has 0 bridgehead atoms. The molecule has 1 aromatic heterocycles. The second-order valence-electron chi connectivity index (χ2n) is 8.59. The van der Waals surface area contributed by atoms with Crippen molar-refractivity contribution in [3.63, 3.8) is 0 Å². The SMILES string of the molecule is COc1cc2c(cc1OC)-c1nn(C3OC(C(=O)O)C(O)C([OH2+])C3O)c(Nc3cccc(F)c3)c1C2. The maximum Gasteiger partial charge on any atom is 0.336 e. The normalized spacial score (nSPS) is 24.7. The van der Waals surface area contributed by atoms with Gasteiger partial charge in [0.25, 0.3) is 0 Å². The van der Waals surface area contributed by atoms with Crippen molar-refractivity contribution in [2.75, 3.05) is 19.5 Å². The highest BCUT2D eigenvalue weighted by Gasteiger charge is 2.52. The number of aromatic nitrogens is 2. The maximum absolute atomic E-state index is 13.9. The Morgan fingerprint density at radius 3 is 2.58 bits per heavy atom. The first-order chi connectivity index (χ1) is 17.2. The van der Waals surface area contributed by atoms with E-state index in [4.69, 9.17) is 19.3 Å². The van der Waals surface area contributed by atoms with Crippen molar-refractivity contribution >= 4 is 17.5 Å². The van der Waals surface area contributed by atoms with Crippen molar-refractivity contribution in [1.82, 2.24) is 9.78 Å². The van der Waals surface area contributed by atoms with E-state index in [-0.39, 0.29) is 0 Å². The molecule has 2 heterocycles. The summed E-state index contributed by atoms with van der Waals surface area (Å²) in [5.41, 5.74) is 3.20. The van der Waals surface area contributed by atoms with Gasteiger partial charge in [0.15, 0.2) is 36.0 Å². The van der Waals surface area contributed by atoms with Gasteiger partial charge in [-0.3, -0.25) is 0 Å². The molecule has 1 aliphatic carbocycles. The standard InChI is InChI=1S/C24H24FN3O8/c1-34-15-7-10-6-14-17(13(10)9-16(15)35-2)27-28(22(14)26-12-5-3-4-11(25)8-12)23-20(31)18(29)19(30)21(36-23)24(32)33/h3-5,7-9,18-21,23,26,29-31H,6H2,1-2H3,(H,32,33)/p+1. The lowest BCUT2D eigenvalue weighted by Crippen LogP contribution is -2.58. The first-order valence-corrected chi connectivity index (χ1v) is 11.1. The molecule has 36 heavy (non-hydrogen) atoms. The van der Waals surface area contributed by atoms with Gasteiger partial charge in [0.1, 0.15) is 11.6 Å². The molecule has 0 spiro atoms. The molecule has 6 N–H and O–H groups in total. The fourth-order valence-corrected chi connectivity index (χ4v) is 4.64. The van der Waals surface area contributed by atoms with Crippen molar-refractivity contribution in [3.05, 3.63) is 53.3 Å². The number of anilines is 2. The van der Waals surface area contributed by atoms with E-state index in [1.54, 1.807) is 12.1 Å². The number of aliphatic carboxylic acids is 1. The summed E-state index contributed by atoms with van der Waals surface area (Å²) >= 11 is 0. The molecule has 0 saturated carbocycles.